The summed E-state index contributed by atoms with van der Waals surface area (Å²) in [6.45, 7) is 0.477. The van der Waals surface area contributed by atoms with Crippen LogP contribution in [-0.4, -0.2) is 33.6 Å². The van der Waals surface area contributed by atoms with Crippen molar-refractivity contribution in [3.05, 3.63) is 50.8 Å². The highest BCUT2D eigenvalue weighted by Gasteiger charge is 2.19. The molecule has 3 heterocycles. The largest absolute Gasteiger partial charge is 0.467 e. The molecule has 1 aliphatic carbocycles. The first-order chi connectivity index (χ1) is 13.6. The van der Waals surface area contributed by atoms with E-state index in [9.17, 15) is 9.59 Å². The fourth-order valence-corrected chi connectivity index (χ4v) is 5.59. The predicted octanol–water partition coefficient (Wildman–Crippen LogP) is 3.74. The molecule has 0 bridgehead atoms. The number of furan rings is 1. The van der Waals surface area contributed by atoms with Gasteiger partial charge in [0.15, 0.2) is 0 Å². The second-order valence-corrected chi connectivity index (χ2v) is 9.22. The van der Waals surface area contributed by atoms with E-state index in [1.807, 2.05) is 12.1 Å². The highest BCUT2D eigenvalue weighted by molar-refractivity contribution is 7.98. The van der Waals surface area contributed by atoms with E-state index in [1.165, 1.54) is 16.9 Å². The van der Waals surface area contributed by atoms with Gasteiger partial charge in [0.2, 0.25) is 5.91 Å². The monoisotopic (exact) mass is 417 g/mol. The molecule has 0 saturated carbocycles. The molecule has 8 heteroatoms. The summed E-state index contributed by atoms with van der Waals surface area (Å²) in [6.07, 6.45) is 6.45. The Morgan fingerprint density at radius 1 is 1.39 bits per heavy atom. The van der Waals surface area contributed by atoms with E-state index < -0.39 is 0 Å². The quantitative estimate of drug-likeness (QED) is 0.593. The number of nitrogens with one attached hydrogen (secondary N) is 1. The summed E-state index contributed by atoms with van der Waals surface area (Å²) >= 11 is 3.28. The Morgan fingerprint density at radius 3 is 3.07 bits per heavy atom. The molecule has 1 amide bonds. The first-order valence-electron chi connectivity index (χ1n) is 9.49. The summed E-state index contributed by atoms with van der Waals surface area (Å²) in [5.41, 5.74) is 1.19. The van der Waals surface area contributed by atoms with Gasteiger partial charge in [0.25, 0.3) is 5.56 Å². The molecular formula is C20H23N3O3S2. The van der Waals surface area contributed by atoms with Crippen molar-refractivity contribution in [2.75, 3.05) is 12.8 Å². The van der Waals surface area contributed by atoms with Crippen molar-refractivity contribution in [3.8, 4) is 0 Å². The minimum absolute atomic E-state index is 0.0192. The molecule has 28 heavy (non-hydrogen) atoms. The number of H-pyrrole nitrogens is 1. The number of nitrogens with zero attached hydrogens (tertiary/aromatic N) is 2. The number of aromatic amines is 1. The van der Waals surface area contributed by atoms with Crippen LogP contribution in [-0.2, 0) is 29.9 Å². The maximum atomic E-state index is 12.5. The maximum Gasteiger partial charge on any atom is 0.259 e. The second kappa shape index (κ2) is 8.53. The van der Waals surface area contributed by atoms with Crippen molar-refractivity contribution in [3.63, 3.8) is 0 Å². The Bertz CT molecular complexity index is 1020. The number of hydrogen-bond donors (Lipinski definition) is 1. The Kier molecular flexibility index (Phi) is 5.87. The van der Waals surface area contributed by atoms with Gasteiger partial charge >= 0.3 is 0 Å². The van der Waals surface area contributed by atoms with Crippen LogP contribution in [0, 0.1) is 0 Å². The molecule has 6 nitrogen and oxygen atoms in total. The number of amides is 1. The summed E-state index contributed by atoms with van der Waals surface area (Å²) in [7, 11) is 1.78. The van der Waals surface area contributed by atoms with Gasteiger partial charge in [0.1, 0.15) is 16.4 Å². The SMILES string of the molecule is CN(Cc1ccco1)C(=O)CCSCc1nc2sc3c(c2c(=O)[nH]1)CCCC3. The van der Waals surface area contributed by atoms with E-state index in [1.54, 1.807) is 41.3 Å². The lowest BCUT2D eigenvalue weighted by molar-refractivity contribution is -0.130. The Hall–Kier alpha value is -2.06. The molecule has 3 aromatic rings. The smallest absolute Gasteiger partial charge is 0.259 e. The first-order valence-corrected chi connectivity index (χ1v) is 11.5. The summed E-state index contributed by atoms with van der Waals surface area (Å²) in [5.74, 6) is 2.83. The molecule has 0 radical (unpaired) electrons. The fraction of sp³-hybridized carbons (Fsp3) is 0.450. The van der Waals surface area contributed by atoms with Crippen LogP contribution in [0.4, 0.5) is 0 Å². The number of hydrogen-bond acceptors (Lipinski definition) is 6. The van der Waals surface area contributed by atoms with Crippen LogP contribution in [0.25, 0.3) is 10.2 Å². The van der Waals surface area contributed by atoms with Crippen molar-refractivity contribution in [2.24, 2.45) is 0 Å². The molecule has 1 N–H and O–H groups in total. The number of rotatable bonds is 7. The van der Waals surface area contributed by atoms with Crippen LogP contribution in [0.3, 0.4) is 0 Å². The van der Waals surface area contributed by atoms with Crippen LogP contribution in [0.15, 0.2) is 27.6 Å². The molecule has 0 spiro atoms. The third-order valence-corrected chi connectivity index (χ3v) is 7.13. The molecular weight excluding hydrogens is 394 g/mol. The van der Waals surface area contributed by atoms with E-state index in [2.05, 4.69) is 9.97 Å². The number of thioether (sulfide) groups is 1. The van der Waals surface area contributed by atoms with Crippen molar-refractivity contribution in [1.29, 1.82) is 0 Å². The van der Waals surface area contributed by atoms with E-state index >= 15 is 0 Å². The fourth-order valence-electron chi connectivity index (χ4n) is 3.52. The molecule has 0 saturated heterocycles. The molecule has 4 rings (SSSR count). The number of thiophene rings is 1. The molecule has 0 unspecified atom stereocenters. The average molecular weight is 418 g/mol. The summed E-state index contributed by atoms with van der Waals surface area (Å²) in [6, 6.07) is 3.68. The average Bonchev–Trinajstić information content (AvgIpc) is 3.32. The van der Waals surface area contributed by atoms with Gasteiger partial charge in [0, 0.05) is 24.1 Å². The summed E-state index contributed by atoms with van der Waals surface area (Å²) in [5, 5.41) is 0.795. The molecule has 0 aromatic carbocycles. The summed E-state index contributed by atoms with van der Waals surface area (Å²) in [4.78, 5) is 36.2. The van der Waals surface area contributed by atoms with Crippen molar-refractivity contribution >= 4 is 39.2 Å². The third-order valence-electron chi connectivity index (χ3n) is 4.97. The lowest BCUT2D eigenvalue weighted by Gasteiger charge is -2.15. The van der Waals surface area contributed by atoms with E-state index in [0.717, 1.165) is 35.2 Å². The van der Waals surface area contributed by atoms with Gasteiger partial charge < -0.3 is 14.3 Å². The minimum Gasteiger partial charge on any atom is -0.467 e. The zero-order valence-corrected chi connectivity index (χ0v) is 17.5. The highest BCUT2D eigenvalue weighted by atomic mass is 32.2. The van der Waals surface area contributed by atoms with Gasteiger partial charge in [-0.2, -0.15) is 11.8 Å². The summed E-state index contributed by atoms with van der Waals surface area (Å²) < 4.78 is 5.27. The minimum atomic E-state index is -0.0192. The third kappa shape index (κ3) is 4.17. The molecule has 148 valence electrons. The van der Waals surface area contributed by atoms with Gasteiger partial charge in [-0.05, 0) is 43.4 Å². The van der Waals surface area contributed by atoms with Crippen molar-refractivity contribution < 1.29 is 9.21 Å². The van der Waals surface area contributed by atoms with Crippen molar-refractivity contribution in [2.45, 2.75) is 44.4 Å². The van der Waals surface area contributed by atoms with Crippen LogP contribution in [0.2, 0.25) is 0 Å². The lowest BCUT2D eigenvalue weighted by atomic mass is 9.97. The Morgan fingerprint density at radius 2 is 2.25 bits per heavy atom. The molecule has 0 fully saturated rings. The Balaban J connectivity index is 1.32. The molecule has 1 aliphatic rings. The standard InChI is InChI=1S/C20H23N3O3S2/c1-23(11-13-5-4-9-26-13)17(24)8-10-27-12-16-21-19(25)18-14-6-2-3-7-15(14)28-20(18)22-16/h4-5,9H,2-3,6-8,10-12H2,1H3,(H,21,22,25). The maximum absolute atomic E-state index is 12.5. The zero-order valence-electron chi connectivity index (χ0n) is 15.8. The number of aryl methyl sites for hydroxylation is 2. The highest BCUT2D eigenvalue weighted by Crippen LogP contribution is 2.33. The number of carbonyl (C=O) groups excluding carboxylic acids is 1. The molecule has 0 atom stereocenters. The van der Waals surface area contributed by atoms with Crippen LogP contribution in [0.1, 0.15) is 41.3 Å². The van der Waals surface area contributed by atoms with Gasteiger partial charge in [-0.3, -0.25) is 9.59 Å². The van der Waals surface area contributed by atoms with Gasteiger partial charge in [-0.1, -0.05) is 0 Å². The van der Waals surface area contributed by atoms with E-state index in [4.69, 9.17) is 4.42 Å². The Labute approximate surface area is 171 Å². The number of aromatic nitrogens is 2. The number of fused-ring (bicyclic) bond motifs is 3. The topological polar surface area (TPSA) is 79.2 Å². The van der Waals surface area contributed by atoms with Gasteiger partial charge in [-0.15, -0.1) is 11.3 Å². The second-order valence-electron chi connectivity index (χ2n) is 7.04. The number of carbonyl (C=O) groups is 1. The normalized spacial score (nSPS) is 13.6. The first kappa shape index (κ1) is 19.3. The molecule has 0 aliphatic heterocycles. The van der Waals surface area contributed by atoms with Gasteiger partial charge in [-0.25, -0.2) is 4.98 Å². The molecule has 3 aromatic heterocycles. The van der Waals surface area contributed by atoms with E-state index in [0.29, 0.717) is 30.3 Å². The van der Waals surface area contributed by atoms with E-state index in [-0.39, 0.29) is 11.5 Å². The van der Waals surface area contributed by atoms with Crippen LogP contribution in [0.5, 0.6) is 0 Å². The van der Waals surface area contributed by atoms with Crippen LogP contribution < -0.4 is 5.56 Å². The van der Waals surface area contributed by atoms with Crippen molar-refractivity contribution in [1.82, 2.24) is 14.9 Å². The lowest BCUT2D eigenvalue weighted by Crippen LogP contribution is -2.26. The predicted molar refractivity (Wildman–Crippen MR) is 113 cm³/mol. The van der Waals surface area contributed by atoms with Gasteiger partial charge in [0.05, 0.1) is 23.9 Å². The van der Waals surface area contributed by atoms with Crippen LogP contribution >= 0.6 is 23.1 Å². The zero-order chi connectivity index (χ0) is 19.5.